The van der Waals surface area contributed by atoms with Gasteiger partial charge >= 0.3 is 0 Å². The predicted octanol–water partition coefficient (Wildman–Crippen LogP) is 3.44. The number of pyridine rings is 1. The van der Waals surface area contributed by atoms with Gasteiger partial charge in [-0.2, -0.15) is 0 Å². The van der Waals surface area contributed by atoms with Gasteiger partial charge in [-0.05, 0) is 52.2 Å². The topological polar surface area (TPSA) is 42.4 Å². The Morgan fingerprint density at radius 3 is 2.59 bits per heavy atom. The zero-order valence-corrected chi connectivity index (χ0v) is 10.9. The van der Waals surface area contributed by atoms with Crippen molar-refractivity contribution in [1.82, 2.24) is 4.98 Å². The molecule has 0 radical (unpaired) electrons. The molecule has 17 heavy (non-hydrogen) atoms. The van der Waals surface area contributed by atoms with E-state index in [2.05, 4.69) is 20.9 Å². The van der Waals surface area contributed by atoms with E-state index in [1.165, 1.54) is 0 Å². The van der Waals surface area contributed by atoms with Crippen LogP contribution in [0.1, 0.15) is 11.1 Å². The number of halogens is 1. The molecule has 1 aromatic carbocycles. The van der Waals surface area contributed by atoms with E-state index in [1.54, 1.807) is 18.3 Å². The fraction of sp³-hybridized carbons (Fsp3) is 0.154. The Kier molecular flexibility index (Phi) is 3.76. The molecule has 3 nitrogen and oxygen atoms in total. The maximum absolute atomic E-state index is 8.93. The highest BCUT2D eigenvalue weighted by Gasteiger charge is 2.04. The van der Waals surface area contributed by atoms with Crippen molar-refractivity contribution in [2.24, 2.45) is 0 Å². The molecule has 0 amide bonds. The Morgan fingerprint density at radius 1 is 1.29 bits per heavy atom. The van der Waals surface area contributed by atoms with Crippen molar-refractivity contribution in [3.05, 3.63) is 52.1 Å². The number of hydrogen-bond acceptors (Lipinski definition) is 3. The fourth-order valence-corrected chi connectivity index (χ4v) is 1.92. The molecular weight excluding hydrogens is 282 g/mol. The molecule has 1 heterocycles. The number of aryl methyl sites for hydroxylation is 1. The first kappa shape index (κ1) is 12.1. The molecular formula is C13H12BrNO2. The Hall–Kier alpha value is -1.39. The highest BCUT2D eigenvalue weighted by atomic mass is 79.9. The minimum absolute atomic E-state index is 0.0345. The van der Waals surface area contributed by atoms with Crippen molar-refractivity contribution in [3.63, 3.8) is 0 Å². The first-order chi connectivity index (χ1) is 8.19. The molecule has 0 aliphatic rings. The van der Waals surface area contributed by atoms with Crippen molar-refractivity contribution < 1.29 is 9.84 Å². The first-order valence-electron chi connectivity index (χ1n) is 5.19. The van der Waals surface area contributed by atoms with E-state index >= 15 is 0 Å². The quantitative estimate of drug-likeness (QED) is 0.943. The zero-order chi connectivity index (χ0) is 12.3. The van der Waals surface area contributed by atoms with Gasteiger partial charge in [0.25, 0.3) is 0 Å². The molecule has 0 spiro atoms. The maximum Gasteiger partial charge on any atom is 0.233 e. The summed E-state index contributed by atoms with van der Waals surface area (Å²) in [7, 11) is 0. The normalized spacial score (nSPS) is 10.3. The van der Waals surface area contributed by atoms with Crippen LogP contribution in [0.25, 0.3) is 0 Å². The van der Waals surface area contributed by atoms with Crippen molar-refractivity contribution in [2.45, 2.75) is 13.5 Å². The Labute approximate surface area is 108 Å². The van der Waals surface area contributed by atoms with E-state index in [9.17, 15) is 0 Å². The summed E-state index contributed by atoms with van der Waals surface area (Å²) < 4.78 is 6.45. The summed E-state index contributed by atoms with van der Waals surface area (Å²) in [5.41, 5.74) is 1.92. The van der Waals surface area contributed by atoms with Gasteiger partial charge in [0, 0.05) is 6.20 Å². The average molecular weight is 294 g/mol. The summed E-state index contributed by atoms with van der Waals surface area (Å²) in [6, 6.07) is 9.19. The summed E-state index contributed by atoms with van der Waals surface area (Å²) in [4.78, 5) is 4.20. The van der Waals surface area contributed by atoms with Crippen LogP contribution < -0.4 is 4.74 Å². The van der Waals surface area contributed by atoms with Crippen LogP contribution in [-0.2, 0) is 6.61 Å². The molecule has 0 saturated heterocycles. The number of ether oxygens (including phenoxy) is 1. The molecule has 0 aliphatic heterocycles. The van der Waals surface area contributed by atoms with Crippen LogP contribution in [0.2, 0.25) is 0 Å². The molecule has 0 aliphatic carbocycles. The lowest BCUT2D eigenvalue weighted by molar-refractivity contribution is 0.281. The van der Waals surface area contributed by atoms with Gasteiger partial charge in [0.1, 0.15) is 5.75 Å². The summed E-state index contributed by atoms with van der Waals surface area (Å²) in [5, 5.41) is 8.93. The van der Waals surface area contributed by atoms with Gasteiger partial charge in [0.05, 0.1) is 11.1 Å². The number of hydrogen-bond donors (Lipinski definition) is 1. The molecule has 1 N–H and O–H groups in total. The molecule has 2 rings (SSSR count). The van der Waals surface area contributed by atoms with E-state index in [4.69, 9.17) is 9.84 Å². The lowest BCUT2D eigenvalue weighted by atomic mass is 10.2. The summed E-state index contributed by atoms with van der Waals surface area (Å²) in [6.45, 7) is 2.00. The van der Waals surface area contributed by atoms with Gasteiger partial charge < -0.3 is 9.84 Å². The molecule has 0 fully saturated rings. The molecule has 1 aromatic heterocycles. The van der Waals surface area contributed by atoms with Crippen LogP contribution in [0, 0.1) is 6.92 Å². The third-order valence-corrected chi connectivity index (χ3v) is 2.83. The number of aliphatic hydroxyl groups is 1. The molecule has 0 bridgehead atoms. The largest absolute Gasteiger partial charge is 0.438 e. The number of aromatic nitrogens is 1. The standard InChI is InChI=1S/C13H12BrNO2/c1-9-6-12(14)13(15-7-9)17-11-4-2-10(8-16)3-5-11/h2-7,16H,8H2,1H3. The van der Waals surface area contributed by atoms with Crippen LogP contribution >= 0.6 is 15.9 Å². The number of rotatable bonds is 3. The van der Waals surface area contributed by atoms with Crippen molar-refractivity contribution >= 4 is 15.9 Å². The van der Waals surface area contributed by atoms with Gasteiger partial charge in [-0.15, -0.1) is 0 Å². The molecule has 2 aromatic rings. The fourth-order valence-electron chi connectivity index (χ4n) is 1.37. The van der Waals surface area contributed by atoms with E-state index in [0.717, 1.165) is 15.6 Å². The Bertz CT molecular complexity index is 511. The lowest BCUT2D eigenvalue weighted by Crippen LogP contribution is -1.90. The highest BCUT2D eigenvalue weighted by Crippen LogP contribution is 2.27. The molecule has 0 unspecified atom stereocenters. The number of benzene rings is 1. The van der Waals surface area contributed by atoms with Crippen LogP contribution in [0.4, 0.5) is 0 Å². The van der Waals surface area contributed by atoms with E-state index in [-0.39, 0.29) is 6.61 Å². The van der Waals surface area contributed by atoms with Gasteiger partial charge in [-0.25, -0.2) is 4.98 Å². The van der Waals surface area contributed by atoms with Crippen LogP contribution in [0.15, 0.2) is 41.0 Å². The minimum atomic E-state index is 0.0345. The highest BCUT2D eigenvalue weighted by molar-refractivity contribution is 9.10. The Balaban J connectivity index is 2.19. The van der Waals surface area contributed by atoms with Crippen LogP contribution in [0.5, 0.6) is 11.6 Å². The second kappa shape index (κ2) is 5.29. The summed E-state index contributed by atoms with van der Waals surface area (Å²) >= 11 is 3.41. The van der Waals surface area contributed by atoms with Crippen LogP contribution in [0.3, 0.4) is 0 Å². The average Bonchev–Trinajstić information content (AvgIpc) is 2.34. The van der Waals surface area contributed by atoms with Crippen LogP contribution in [-0.4, -0.2) is 10.1 Å². The van der Waals surface area contributed by atoms with Gasteiger partial charge in [-0.1, -0.05) is 12.1 Å². The second-order valence-electron chi connectivity index (χ2n) is 3.70. The number of nitrogens with zero attached hydrogens (tertiary/aromatic N) is 1. The van der Waals surface area contributed by atoms with Gasteiger partial charge in [0.2, 0.25) is 5.88 Å². The van der Waals surface area contributed by atoms with Crippen molar-refractivity contribution in [1.29, 1.82) is 0 Å². The molecule has 0 saturated carbocycles. The zero-order valence-electron chi connectivity index (χ0n) is 9.35. The smallest absolute Gasteiger partial charge is 0.233 e. The summed E-state index contributed by atoms with van der Waals surface area (Å²) in [5.74, 6) is 1.23. The third kappa shape index (κ3) is 3.05. The number of aliphatic hydroxyl groups excluding tert-OH is 1. The first-order valence-corrected chi connectivity index (χ1v) is 5.98. The molecule has 88 valence electrons. The second-order valence-corrected chi connectivity index (χ2v) is 4.56. The van der Waals surface area contributed by atoms with Crippen molar-refractivity contribution in [3.8, 4) is 11.6 Å². The predicted molar refractivity (Wildman–Crippen MR) is 69.1 cm³/mol. The van der Waals surface area contributed by atoms with Gasteiger partial charge in [-0.3, -0.25) is 0 Å². The maximum atomic E-state index is 8.93. The third-order valence-electron chi connectivity index (χ3n) is 2.26. The monoisotopic (exact) mass is 293 g/mol. The van der Waals surface area contributed by atoms with E-state index in [1.807, 2.05) is 25.1 Å². The minimum Gasteiger partial charge on any atom is -0.438 e. The SMILES string of the molecule is Cc1cnc(Oc2ccc(CO)cc2)c(Br)c1. The molecule has 4 heteroatoms. The van der Waals surface area contributed by atoms with E-state index in [0.29, 0.717) is 11.6 Å². The summed E-state index contributed by atoms with van der Waals surface area (Å²) in [6.07, 6.45) is 1.75. The lowest BCUT2D eigenvalue weighted by Gasteiger charge is -2.07. The Morgan fingerprint density at radius 2 is 2.00 bits per heavy atom. The van der Waals surface area contributed by atoms with Gasteiger partial charge in [0.15, 0.2) is 0 Å². The van der Waals surface area contributed by atoms with E-state index < -0.39 is 0 Å². The van der Waals surface area contributed by atoms with Crippen molar-refractivity contribution in [2.75, 3.05) is 0 Å². The molecule has 0 atom stereocenters.